The molecule has 8 nitrogen and oxygen atoms in total. The number of likely N-dealkylation sites (tertiary alicyclic amines) is 2. The predicted molar refractivity (Wildman–Crippen MR) is 108 cm³/mol. The number of hydrazine groups is 1. The molecule has 4 saturated heterocycles. The molecule has 0 spiro atoms. The topological polar surface area (TPSA) is 81.2 Å². The zero-order valence-electron chi connectivity index (χ0n) is 16.2. The lowest BCUT2D eigenvalue weighted by Gasteiger charge is -2.34. The van der Waals surface area contributed by atoms with Crippen LogP contribution in [0.25, 0.3) is 0 Å². The summed E-state index contributed by atoms with van der Waals surface area (Å²) in [6, 6.07) is 5.36. The van der Waals surface area contributed by atoms with Gasteiger partial charge in [-0.1, -0.05) is 12.1 Å². The molecule has 0 radical (unpaired) electrons. The van der Waals surface area contributed by atoms with Crippen molar-refractivity contribution < 1.29 is 19.2 Å². The second-order valence-electron chi connectivity index (χ2n) is 8.09. The van der Waals surface area contributed by atoms with Gasteiger partial charge in [-0.15, -0.1) is 22.7 Å². The molecule has 6 heterocycles. The van der Waals surface area contributed by atoms with Gasteiger partial charge in [0.05, 0.1) is 23.9 Å². The van der Waals surface area contributed by atoms with E-state index in [9.17, 15) is 19.2 Å². The fourth-order valence-electron chi connectivity index (χ4n) is 5.59. The highest BCUT2D eigenvalue weighted by atomic mass is 32.1. The third kappa shape index (κ3) is 2.02. The molecule has 154 valence electrons. The number of imide groups is 2. The van der Waals surface area contributed by atoms with E-state index in [2.05, 4.69) is 0 Å². The lowest BCUT2D eigenvalue weighted by Crippen LogP contribution is -2.48. The predicted octanol–water partition coefficient (Wildman–Crippen LogP) is 1.10. The van der Waals surface area contributed by atoms with Crippen LogP contribution in [0.4, 0.5) is 0 Å². The van der Waals surface area contributed by atoms with E-state index in [1.807, 2.05) is 45.0 Å². The molecule has 6 rings (SSSR count). The zero-order chi connectivity index (χ0) is 20.9. The normalized spacial score (nSPS) is 36.2. The van der Waals surface area contributed by atoms with Crippen LogP contribution in [0, 0.1) is 11.8 Å². The quantitative estimate of drug-likeness (QED) is 0.648. The van der Waals surface area contributed by atoms with Crippen molar-refractivity contribution >= 4 is 46.3 Å². The van der Waals surface area contributed by atoms with E-state index in [1.54, 1.807) is 0 Å². The molecule has 6 unspecified atom stereocenters. The van der Waals surface area contributed by atoms with Gasteiger partial charge in [0, 0.05) is 23.8 Å². The Labute approximate surface area is 180 Å². The van der Waals surface area contributed by atoms with Crippen LogP contribution in [-0.4, -0.2) is 69.6 Å². The van der Waals surface area contributed by atoms with Crippen LogP contribution < -0.4 is 0 Å². The number of nitrogens with zero attached hydrogens (tertiary/aromatic N) is 4. The van der Waals surface area contributed by atoms with E-state index in [-0.39, 0.29) is 23.6 Å². The van der Waals surface area contributed by atoms with Gasteiger partial charge < -0.3 is 0 Å². The van der Waals surface area contributed by atoms with Crippen molar-refractivity contribution in [2.24, 2.45) is 11.8 Å². The van der Waals surface area contributed by atoms with Gasteiger partial charge >= 0.3 is 0 Å². The van der Waals surface area contributed by atoms with E-state index >= 15 is 0 Å². The number of thiophene rings is 2. The minimum atomic E-state index is -0.710. The molecule has 4 fully saturated rings. The van der Waals surface area contributed by atoms with Crippen LogP contribution in [0.15, 0.2) is 35.0 Å². The maximum absolute atomic E-state index is 13.2. The summed E-state index contributed by atoms with van der Waals surface area (Å²) in [4.78, 5) is 56.8. The van der Waals surface area contributed by atoms with Gasteiger partial charge in [-0.25, -0.2) is 10.0 Å². The highest BCUT2D eigenvalue weighted by molar-refractivity contribution is 7.10. The molecule has 0 N–H and O–H groups in total. The van der Waals surface area contributed by atoms with Crippen molar-refractivity contribution in [3.8, 4) is 0 Å². The Balaban J connectivity index is 1.59. The number of carbonyl (C=O) groups excluding carboxylic acids is 4. The minimum Gasteiger partial charge on any atom is -0.284 e. The molecular weight excluding hydrogens is 424 g/mol. The Hall–Kier alpha value is -2.40. The number of hydrogen-bond donors (Lipinski definition) is 0. The van der Waals surface area contributed by atoms with Crippen LogP contribution in [0.3, 0.4) is 0 Å². The van der Waals surface area contributed by atoms with Crippen molar-refractivity contribution in [1.82, 2.24) is 19.8 Å². The van der Waals surface area contributed by atoms with Crippen molar-refractivity contribution in [3.05, 3.63) is 44.8 Å². The molecule has 0 aromatic carbocycles. The molecule has 4 aliphatic rings. The molecule has 0 bridgehead atoms. The number of likely N-dealkylation sites (N-methyl/N-ethyl adjacent to an activating group) is 2. The summed E-state index contributed by atoms with van der Waals surface area (Å²) in [6.45, 7) is 0. The van der Waals surface area contributed by atoms with Gasteiger partial charge in [0.2, 0.25) is 23.6 Å². The van der Waals surface area contributed by atoms with Gasteiger partial charge in [-0.2, -0.15) is 0 Å². The van der Waals surface area contributed by atoms with Gasteiger partial charge in [0.25, 0.3) is 0 Å². The smallest absolute Gasteiger partial charge is 0.248 e. The van der Waals surface area contributed by atoms with E-state index in [4.69, 9.17) is 0 Å². The van der Waals surface area contributed by atoms with Gasteiger partial charge in [0.1, 0.15) is 12.1 Å². The van der Waals surface area contributed by atoms with Crippen LogP contribution in [0.5, 0.6) is 0 Å². The first-order chi connectivity index (χ1) is 14.4. The molecule has 6 atom stereocenters. The summed E-state index contributed by atoms with van der Waals surface area (Å²) in [5.41, 5.74) is 0. The number of rotatable bonds is 2. The molecule has 4 aliphatic heterocycles. The van der Waals surface area contributed by atoms with Gasteiger partial charge in [-0.05, 0) is 22.9 Å². The lowest BCUT2D eigenvalue weighted by atomic mass is 9.88. The zero-order valence-corrected chi connectivity index (χ0v) is 17.8. The third-order valence-electron chi connectivity index (χ3n) is 6.84. The Bertz CT molecular complexity index is 998. The summed E-state index contributed by atoms with van der Waals surface area (Å²) in [5, 5.41) is 7.64. The second kappa shape index (κ2) is 6.07. The van der Waals surface area contributed by atoms with Crippen LogP contribution in [-0.2, 0) is 19.2 Å². The molecular formula is C20H18N4O4S2. The van der Waals surface area contributed by atoms with Gasteiger partial charge in [0.15, 0.2) is 0 Å². The molecule has 2 aromatic heterocycles. The molecule has 0 aliphatic carbocycles. The maximum Gasteiger partial charge on any atom is 0.248 e. The molecule has 10 heteroatoms. The highest BCUT2D eigenvalue weighted by Crippen LogP contribution is 2.59. The monoisotopic (exact) mass is 442 g/mol. The van der Waals surface area contributed by atoms with Crippen LogP contribution >= 0.6 is 22.7 Å². The average molecular weight is 443 g/mol. The Morgan fingerprint density at radius 3 is 1.37 bits per heavy atom. The molecule has 4 amide bonds. The maximum atomic E-state index is 13.2. The number of fused-ring (bicyclic) bond motifs is 5. The van der Waals surface area contributed by atoms with E-state index in [0.717, 1.165) is 9.75 Å². The average Bonchev–Trinajstić information content (AvgIpc) is 3.54. The summed E-state index contributed by atoms with van der Waals surface area (Å²) >= 11 is 3.00. The van der Waals surface area contributed by atoms with E-state index in [1.165, 1.54) is 46.6 Å². The van der Waals surface area contributed by atoms with Crippen molar-refractivity contribution in [3.63, 3.8) is 0 Å². The number of hydrogen-bond acceptors (Lipinski definition) is 8. The van der Waals surface area contributed by atoms with E-state index < -0.39 is 36.0 Å². The summed E-state index contributed by atoms with van der Waals surface area (Å²) < 4.78 is 0. The first kappa shape index (κ1) is 18.4. The van der Waals surface area contributed by atoms with E-state index in [0.29, 0.717) is 0 Å². The molecule has 0 saturated carbocycles. The lowest BCUT2D eigenvalue weighted by molar-refractivity contribution is -0.151. The number of carbonyl (C=O) groups is 4. The first-order valence-corrected chi connectivity index (χ1v) is 11.5. The summed E-state index contributed by atoms with van der Waals surface area (Å²) in [5.74, 6) is -2.21. The van der Waals surface area contributed by atoms with Crippen molar-refractivity contribution in [2.45, 2.75) is 24.2 Å². The Morgan fingerprint density at radius 1 is 0.633 bits per heavy atom. The second-order valence-corrected chi connectivity index (χ2v) is 10.1. The Morgan fingerprint density at radius 2 is 1.03 bits per heavy atom. The van der Waals surface area contributed by atoms with Crippen LogP contribution in [0.2, 0.25) is 0 Å². The summed E-state index contributed by atoms with van der Waals surface area (Å²) in [6.07, 6.45) is 0. The SMILES string of the molecule is CN1C(=O)C2C(C1=O)N1C(c3cccs3)C3C(=O)N(C)C(=O)C3N1C2c1cccs1. The number of amides is 4. The van der Waals surface area contributed by atoms with Gasteiger partial charge in [-0.3, -0.25) is 29.0 Å². The van der Waals surface area contributed by atoms with Crippen molar-refractivity contribution in [2.75, 3.05) is 14.1 Å². The largest absolute Gasteiger partial charge is 0.284 e. The van der Waals surface area contributed by atoms with Crippen LogP contribution in [0.1, 0.15) is 21.8 Å². The first-order valence-electron chi connectivity index (χ1n) is 9.69. The third-order valence-corrected chi connectivity index (χ3v) is 8.72. The standard InChI is InChI=1S/C20H18N4O4S2/c1-21-17(25)11-13(9-5-3-7-29-9)24-16-12(18(26)22(2)20(16)28)14(10-6-4-8-30-10)23(24)15(11)19(21)27/h3-8,11-16H,1-2H3. The van der Waals surface area contributed by atoms with Crippen molar-refractivity contribution in [1.29, 1.82) is 0 Å². The molecule has 2 aromatic rings. The highest BCUT2D eigenvalue weighted by Gasteiger charge is 2.73. The fraction of sp³-hybridized carbons (Fsp3) is 0.400. The summed E-state index contributed by atoms with van der Waals surface area (Å²) in [7, 11) is 3.03. The molecule has 30 heavy (non-hydrogen) atoms. The minimum absolute atomic E-state index is 0.232. The Kier molecular flexibility index (Phi) is 3.72. The fourth-order valence-corrected chi connectivity index (χ4v) is 7.32.